The topological polar surface area (TPSA) is 17.1 Å². The summed E-state index contributed by atoms with van der Waals surface area (Å²) in [6, 6.07) is 5.39. The first-order valence-electron chi connectivity index (χ1n) is 6.60. The molecular weight excluding hydrogens is 267 g/mol. The van der Waals surface area contributed by atoms with Crippen molar-refractivity contribution in [3.63, 3.8) is 0 Å². The fourth-order valence-electron chi connectivity index (χ4n) is 3.62. The molecule has 3 rings (SSSR count). The molecule has 3 unspecified atom stereocenters. The zero-order chi connectivity index (χ0) is 12.7. The van der Waals surface area contributed by atoms with Gasteiger partial charge in [0.15, 0.2) is 0 Å². The molecule has 3 atom stereocenters. The number of rotatable bonds is 3. The van der Waals surface area contributed by atoms with Crippen LogP contribution in [0, 0.1) is 17.8 Å². The van der Waals surface area contributed by atoms with Gasteiger partial charge in [-0.15, -0.1) is 0 Å². The van der Waals surface area contributed by atoms with Crippen molar-refractivity contribution in [2.24, 2.45) is 17.8 Å². The van der Waals surface area contributed by atoms with Crippen molar-refractivity contribution in [3.8, 4) is 0 Å². The van der Waals surface area contributed by atoms with Gasteiger partial charge in [0.1, 0.15) is 5.78 Å². The summed E-state index contributed by atoms with van der Waals surface area (Å²) in [5.41, 5.74) is 0.911. The molecule has 3 heteroatoms. The minimum absolute atomic E-state index is 0.287. The van der Waals surface area contributed by atoms with E-state index in [-0.39, 0.29) is 5.92 Å². The Morgan fingerprint density at radius 3 is 2.67 bits per heavy atom. The highest BCUT2D eigenvalue weighted by Crippen LogP contribution is 2.48. The van der Waals surface area contributed by atoms with Crippen molar-refractivity contribution in [2.45, 2.75) is 32.1 Å². The zero-order valence-electron chi connectivity index (χ0n) is 10.2. The Balaban J connectivity index is 1.71. The van der Waals surface area contributed by atoms with Crippen LogP contribution in [-0.2, 0) is 11.2 Å². The van der Waals surface area contributed by atoms with E-state index in [0.717, 1.165) is 17.9 Å². The molecule has 18 heavy (non-hydrogen) atoms. The molecule has 0 heterocycles. The van der Waals surface area contributed by atoms with Crippen LogP contribution in [0.25, 0.3) is 0 Å². The molecule has 2 aliphatic carbocycles. The maximum atomic E-state index is 12.4. The van der Waals surface area contributed by atoms with Gasteiger partial charge in [-0.25, -0.2) is 0 Å². The number of carbonyl (C=O) groups excluding carboxylic acids is 1. The Kier molecular flexibility index (Phi) is 3.38. The van der Waals surface area contributed by atoms with E-state index >= 15 is 0 Å². The minimum atomic E-state index is 0.287. The second-order valence-electron chi connectivity index (χ2n) is 5.66. The number of carbonyl (C=O) groups is 1. The van der Waals surface area contributed by atoms with Crippen molar-refractivity contribution in [1.82, 2.24) is 0 Å². The van der Waals surface area contributed by atoms with E-state index in [4.69, 9.17) is 23.2 Å². The summed E-state index contributed by atoms with van der Waals surface area (Å²) in [5, 5.41) is 1.23. The average molecular weight is 283 g/mol. The van der Waals surface area contributed by atoms with Crippen LogP contribution >= 0.6 is 23.2 Å². The largest absolute Gasteiger partial charge is 0.299 e. The lowest BCUT2D eigenvalue weighted by atomic mass is 9.83. The van der Waals surface area contributed by atoms with Crippen LogP contribution in [0.1, 0.15) is 31.2 Å². The van der Waals surface area contributed by atoms with Gasteiger partial charge in [0.05, 0.1) is 0 Å². The third-order valence-corrected chi connectivity index (χ3v) is 5.12. The van der Waals surface area contributed by atoms with Gasteiger partial charge in [-0.3, -0.25) is 4.79 Å². The van der Waals surface area contributed by atoms with Gasteiger partial charge < -0.3 is 0 Å². The Morgan fingerprint density at radius 1 is 1.22 bits per heavy atom. The number of hydrogen-bond acceptors (Lipinski definition) is 1. The zero-order valence-corrected chi connectivity index (χ0v) is 11.7. The predicted molar refractivity (Wildman–Crippen MR) is 74.1 cm³/mol. The van der Waals surface area contributed by atoms with Crippen molar-refractivity contribution in [1.29, 1.82) is 0 Å². The highest BCUT2D eigenvalue weighted by atomic mass is 35.5. The predicted octanol–water partition coefficient (Wildman–Crippen LogP) is 4.54. The summed E-state index contributed by atoms with van der Waals surface area (Å²) in [6.45, 7) is 0. The van der Waals surface area contributed by atoms with Crippen LogP contribution < -0.4 is 0 Å². The molecule has 1 aromatic carbocycles. The Morgan fingerprint density at radius 2 is 2.06 bits per heavy atom. The summed E-state index contributed by atoms with van der Waals surface area (Å²) in [7, 11) is 0. The molecule has 2 aliphatic rings. The van der Waals surface area contributed by atoms with E-state index in [1.807, 2.05) is 6.07 Å². The van der Waals surface area contributed by atoms with Gasteiger partial charge in [0, 0.05) is 22.4 Å². The van der Waals surface area contributed by atoms with Crippen LogP contribution in [0.15, 0.2) is 18.2 Å². The van der Waals surface area contributed by atoms with Crippen LogP contribution in [0.5, 0.6) is 0 Å². The van der Waals surface area contributed by atoms with Crippen LogP contribution in [-0.4, -0.2) is 5.78 Å². The normalized spacial score (nSPS) is 29.8. The average Bonchev–Trinajstić information content (AvgIpc) is 2.94. The molecule has 2 saturated carbocycles. The van der Waals surface area contributed by atoms with Crippen LogP contribution in [0.3, 0.4) is 0 Å². The monoisotopic (exact) mass is 282 g/mol. The summed E-state index contributed by atoms with van der Waals surface area (Å²) in [4.78, 5) is 12.4. The van der Waals surface area contributed by atoms with E-state index in [2.05, 4.69) is 0 Å². The van der Waals surface area contributed by atoms with E-state index in [0.29, 0.717) is 28.2 Å². The molecule has 2 bridgehead atoms. The van der Waals surface area contributed by atoms with Gasteiger partial charge in [-0.1, -0.05) is 35.7 Å². The van der Waals surface area contributed by atoms with Gasteiger partial charge in [0.25, 0.3) is 0 Å². The van der Waals surface area contributed by atoms with Gasteiger partial charge in [-0.2, -0.15) is 0 Å². The third-order valence-electron chi connectivity index (χ3n) is 4.53. The molecule has 0 aromatic heterocycles. The van der Waals surface area contributed by atoms with Gasteiger partial charge in [-0.05, 0) is 48.8 Å². The molecule has 1 nitrogen and oxygen atoms in total. The lowest BCUT2D eigenvalue weighted by molar-refractivity contribution is -0.123. The number of benzene rings is 1. The summed E-state index contributed by atoms with van der Waals surface area (Å²) in [5.74, 6) is 2.11. The molecule has 1 aromatic rings. The van der Waals surface area contributed by atoms with E-state index in [1.165, 1.54) is 19.3 Å². The maximum absolute atomic E-state index is 12.4. The number of ketones is 1. The number of Topliss-reactive ketones (excluding diaryl/α,β-unsaturated/α-hetero) is 1. The van der Waals surface area contributed by atoms with Crippen molar-refractivity contribution in [3.05, 3.63) is 33.8 Å². The van der Waals surface area contributed by atoms with Gasteiger partial charge >= 0.3 is 0 Å². The number of hydrogen-bond donors (Lipinski definition) is 0. The molecule has 0 radical (unpaired) electrons. The number of halogens is 2. The fraction of sp³-hybridized carbons (Fsp3) is 0.533. The minimum Gasteiger partial charge on any atom is -0.299 e. The summed E-state index contributed by atoms with van der Waals surface area (Å²) >= 11 is 12.0. The Bertz CT molecular complexity index is 483. The standard InChI is InChI=1S/C15H16Cl2O/c16-12-4-3-11(14(17)8-12)7-15(18)13-6-9-1-2-10(13)5-9/h3-4,8-10,13H,1-2,5-7H2. The molecule has 0 N–H and O–H groups in total. The van der Waals surface area contributed by atoms with Crippen LogP contribution in [0.2, 0.25) is 10.0 Å². The van der Waals surface area contributed by atoms with Crippen molar-refractivity contribution < 1.29 is 4.79 Å². The third kappa shape index (κ3) is 2.31. The first kappa shape index (κ1) is 12.5. The molecule has 0 aliphatic heterocycles. The molecule has 0 amide bonds. The lowest BCUT2D eigenvalue weighted by Gasteiger charge is -2.20. The smallest absolute Gasteiger partial charge is 0.140 e. The molecule has 0 spiro atoms. The highest BCUT2D eigenvalue weighted by Gasteiger charge is 2.42. The van der Waals surface area contributed by atoms with E-state index < -0.39 is 0 Å². The second-order valence-corrected chi connectivity index (χ2v) is 6.50. The summed E-state index contributed by atoms with van der Waals surface area (Å²) < 4.78 is 0. The number of fused-ring (bicyclic) bond motifs is 2. The van der Waals surface area contributed by atoms with Gasteiger partial charge in [0.2, 0.25) is 0 Å². The van der Waals surface area contributed by atoms with E-state index in [1.54, 1.807) is 12.1 Å². The first-order chi connectivity index (χ1) is 8.63. The molecule has 0 saturated heterocycles. The second kappa shape index (κ2) is 4.86. The molecule has 2 fully saturated rings. The first-order valence-corrected chi connectivity index (χ1v) is 7.35. The Labute approximate surface area is 117 Å². The van der Waals surface area contributed by atoms with E-state index in [9.17, 15) is 4.79 Å². The Hall–Kier alpha value is -0.530. The highest BCUT2D eigenvalue weighted by molar-refractivity contribution is 6.35. The SMILES string of the molecule is O=C(Cc1ccc(Cl)cc1Cl)C1CC2CCC1C2. The maximum Gasteiger partial charge on any atom is 0.140 e. The van der Waals surface area contributed by atoms with Crippen LogP contribution in [0.4, 0.5) is 0 Å². The van der Waals surface area contributed by atoms with Crippen molar-refractivity contribution in [2.75, 3.05) is 0 Å². The lowest BCUT2D eigenvalue weighted by Crippen LogP contribution is -2.22. The molecule has 96 valence electrons. The van der Waals surface area contributed by atoms with Crippen molar-refractivity contribution >= 4 is 29.0 Å². The fourth-order valence-corrected chi connectivity index (χ4v) is 4.10. The summed E-state index contributed by atoms with van der Waals surface area (Å²) in [6.07, 6.45) is 5.41. The quantitative estimate of drug-likeness (QED) is 0.795. The molecular formula is C15H16Cl2O.